The number of amides is 2. The molecule has 222 valence electrons. The van der Waals surface area contributed by atoms with E-state index < -0.39 is 0 Å². The lowest BCUT2D eigenvalue weighted by molar-refractivity contribution is 0.262. The molecule has 2 amide bonds. The number of ether oxygens (including phenoxy) is 2. The second-order valence-electron chi connectivity index (χ2n) is 10.2. The summed E-state index contributed by atoms with van der Waals surface area (Å²) in [6.07, 6.45) is 18.0. The Kier molecular flexibility index (Phi) is 17.4. The van der Waals surface area contributed by atoms with Gasteiger partial charge in [-0.25, -0.2) is 4.79 Å². The summed E-state index contributed by atoms with van der Waals surface area (Å²) >= 11 is 1.78. The quantitative estimate of drug-likeness (QED) is 0.151. The van der Waals surface area contributed by atoms with Gasteiger partial charge < -0.3 is 25.0 Å². The van der Waals surface area contributed by atoms with Crippen molar-refractivity contribution >= 4 is 46.1 Å². The first kappa shape index (κ1) is 33.9. The molecule has 1 aliphatic heterocycles. The topological polar surface area (TPSA) is 62.8 Å². The molecule has 1 heterocycles. The van der Waals surface area contributed by atoms with Crippen molar-refractivity contribution in [1.29, 1.82) is 0 Å². The minimum Gasteiger partial charge on any atom is -0.493 e. The molecular weight excluding hydrogens is 586 g/mol. The average molecular weight is 635 g/mol. The van der Waals surface area contributed by atoms with Gasteiger partial charge in [0.2, 0.25) is 0 Å². The van der Waals surface area contributed by atoms with Crippen LogP contribution >= 0.6 is 28.7 Å². The van der Waals surface area contributed by atoms with Gasteiger partial charge in [-0.15, -0.1) is 28.7 Å². The maximum absolute atomic E-state index is 12.6. The summed E-state index contributed by atoms with van der Waals surface area (Å²) in [5.41, 5.74) is 2.56. The predicted octanol–water partition coefficient (Wildman–Crippen LogP) is 9.97. The first-order valence-electron chi connectivity index (χ1n) is 14.7. The lowest BCUT2D eigenvalue weighted by Crippen LogP contribution is -2.19. The molecule has 3 rings (SSSR count). The zero-order chi connectivity index (χ0) is 27.5. The number of unbranched alkanes of at least 4 members (excludes halogenated alkanes) is 11. The van der Waals surface area contributed by atoms with Crippen LogP contribution < -0.4 is 20.1 Å². The van der Waals surface area contributed by atoms with Gasteiger partial charge in [-0.2, -0.15) is 0 Å². The molecule has 6 nitrogen and oxygen atoms in total. The third kappa shape index (κ3) is 13.4. The van der Waals surface area contributed by atoms with E-state index in [-0.39, 0.29) is 23.0 Å². The summed E-state index contributed by atoms with van der Waals surface area (Å²) in [7, 11) is 1.62. The third-order valence-corrected chi connectivity index (χ3v) is 7.65. The lowest BCUT2D eigenvalue weighted by Gasteiger charge is -2.16. The smallest absolute Gasteiger partial charge is 0.323 e. The Morgan fingerprint density at radius 3 is 2.12 bits per heavy atom. The SMILES string of the molecule is Br.CCCCCCCCCCCCCCOc1ccc(NC(=O)Nc2cccc(CN3C=CSC3)c2)cc1OC. The highest BCUT2D eigenvalue weighted by Crippen LogP contribution is 2.30. The molecule has 8 heteroatoms. The van der Waals surface area contributed by atoms with Gasteiger partial charge in [0.1, 0.15) is 0 Å². The molecule has 0 unspecified atom stereocenters. The molecule has 0 fully saturated rings. The second-order valence-corrected chi connectivity index (χ2v) is 11.1. The highest BCUT2D eigenvalue weighted by atomic mass is 79.9. The Balaban J connectivity index is 0.00000560. The molecule has 40 heavy (non-hydrogen) atoms. The minimum atomic E-state index is -0.295. The average Bonchev–Trinajstić information content (AvgIpc) is 3.45. The molecule has 2 N–H and O–H groups in total. The van der Waals surface area contributed by atoms with E-state index in [0.717, 1.165) is 30.1 Å². The van der Waals surface area contributed by atoms with E-state index in [4.69, 9.17) is 9.47 Å². The van der Waals surface area contributed by atoms with Crippen LogP contribution in [0.3, 0.4) is 0 Å². The van der Waals surface area contributed by atoms with Crippen LogP contribution in [0.25, 0.3) is 0 Å². The fourth-order valence-corrected chi connectivity index (χ4v) is 5.39. The molecule has 0 radical (unpaired) electrons. The Labute approximate surface area is 256 Å². The van der Waals surface area contributed by atoms with Gasteiger partial charge in [0.25, 0.3) is 0 Å². The first-order valence-corrected chi connectivity index (χ1v) is 15.7. The second kappa shape index (κ2) is 20.5. The maximum atomic E-state index is 12.6. The van der Waals surface area contributed by atoms with Crippen molar-refractivity contribution in [3.8, 4) is 11.5 Å². The number of methoxy groups -OCH3 is 1. The number of anilines is 2. The zero-order valence-electron chi connectivity index (χ0n) is 24.3. The van der Waals surface area contributed by atoms with E-state index in [0.29, 0.717) is 23.8 Å². The number of halogens is 1. The molecule has 0 aliphatic carbocycles. The number of carbonyl (C=O) groups is 1. The normalized spacial score (nSPS) is 12.2. The maximum Gasteiger partial charge on any atom is 0.323 e. The molecule has 0 aromatic heterocycles. The van der Waals surface area contributed by atoms with Crippen LogP contribution in [0.15, 0.2) is 54.1 Å². The molecule has 0 spiro atoms. The van der Waals surface area contributed by atoms with Gasteiger partial charge in [-0.3, -0.25) is 0 Å². The Bertz CT molecular complexity index is 1020. The van der Waals surface area contributed by atoms with Gasteiger partial charge in [0, 0.05) is 30.2 Å². The molecule has 0 saturated carbocycles. The number of benzene rings is 2. The highest BCUT2D eigenvalue weighted by molar-refractivity contribution is 8.93. The number of carbonyl (C=O) groups excluding carboxylic acids is 1. The van der Waals surface area contributed by atoms with Crippen LogP contribution in [0.4, 0.5) is 16.2 Å². The number of hydrogen-bond acceptors (Lipinski definition) is 5. The van der Waals surface area contributed by atoms with Crippen molar-refractivity contribution in [2.45, 2.75) is 90.5 Å². The van der Waals surface area contributed by atoms with E-state index in [1.807, 2.05) is 30.3 Å². The molecule has 0 atom stereocenters. The van der Waals surface area contributed by atoms with E-state index in [9.17, 15) is 4.79 Å². The Morgan fingerprint density at radius 2 is 1.50 bits per heavy atom. The van der Waals surface area contributed by atoms with Crippen LogP contribution in [-0.2, 0) is 6.54 Å². The van der Waals surface area contributed by atoms with E-state index in [1.54, 1.807) is 24.9 Å². The zero-order valence-corrected chi connectivity index (χ0v) is 26.8. The Morgan fingerprint density at radius 1 is 0.850 bits per heavy atom. The van der Waals surface area contributed by atoms with Crippen molar-refractivity contribution in [1.82, 2.24) is 4.90 Å². The molecule has 2 aromatic carbocycles. The predicted molar refractivity (Wildman–Crippen MR) is 176 cm³/mol. The number of nitrogens with zero attached hydrogens (tertiary/aromatic N) is 1. The van der Waals surface area contributed by atoms with Crippen LogP contribution in [0, 0.1) is 0 Å². The third-order valence-electron chi connectivity index (χ3n) is 6.86. The number of urea groups is 1. The van der Waals surface area contributed by atoms with Crippen LogP contribution in [0.1, 0.15) is 89.5 Å². The van der Waals surface area contributed by atoms with Crippen LogP contribution in [0.2, 0.25) is 0 Å². The Hall–Kier alpha value is -2.32. The summed E-state index contributed by atoms with van der Waals surface area (Å²) in [6.45, 7) is 3.76. The summed E-state index contributed by atoms with van der Waals surface area (Å²) in [5, 5.41) is 7.91. The fourth-order valence-electron chi connectivity index (χ4n) is 4.67. The number of nitrogens with one attached hydrogen (secondary N) is 2. The van der Waals surface area contributed by atoms with Crippen molar-refractivity contribution < 1.29 is 14.3 Å². The monoisotopic (exact) mass is 633 g/mol. The molecule has 2 aromatic rings. The van der Waals surface area contributed by atoms with Gasteiger partial charge in [0.15, 0.2) is 11.5 Å². The van der Waals surface area contributed by atoms with Crippen molar-refractivity contribution in [3.05, 3.63) is 59.6 Å². The number of thioether (sulfide) groups is 1. The summed E-state index contributed by atoms with van der Waals surface area (Å²) < 4.78 is 11.5. The number of rotatable bonds is 19. The number of hydrogen-bond donors (Lipinski definition) is 2. The molecular formula is C32H48BrN3O3S. The first-order chi connectivity index (χ1) is 19.2. The van der Waals surface area contributed by atoms with Crippen LogP contribution in [0.5, 0.6) is 11.5 Å². The van der Waals surface area contributed by atoms with Gasteiger partial charge >= 0.3 is 6.03 Å². The standard InChI is InChI=1S/C32H47N3O3S.BrH/c1-3-4-5-6-7-8-9-10-11-12-13-14-21-38-30-19-18-29(24-31(30)37-2)34-32(36)33-28-17-15-16-27(23-28)25-35-20-22-39-26-35;/h15-20,22-24H,3-14,21,25-26H2,1-2H3,(H2,33,34,36);1H. The van der Waals surface area contributed by atoms with Gasteiger partial charge in [-0.05, 0) is 41.7 Å². The minimum absolute atomic E-state index is 0. The molecule has 0 bridgehead atoms. The van der Waals surface area contributed by atoms with Gasteiger partial charge in [-0.1, -0.05) is 89.7 Å². The van der Waals surface area contributed by atoms with E-state index in [1.165, 1.54) is 70.6 Å². The highest BCUT2D eigenvalue weighted by Gasteiger charge is 2.10. The fraction of sp³-hybridized carbons (Fsp3) is 0.531. The summed E-state index contributed by atoms with van der Waals surface area (Å²) in [6, 6.07) is 13.1. The van der Waals surface area contributed by atoms with Crippen molar-refractivity contribution in [2.24, 2.45) is 0 Å². The van der Waals surface area contributed by atoms with Crippen LogP contribution in [-0.4, -0.2) is 30.5 Å². The van der Waals surface area contributed by atoms with Crippen molar-refractivity contribution in [2.75, 3.05) is 30.2 Å². The molecule has 0 saturated heterocycles. The summed E-state index contributed by atoms with van der Waals surface area (Å²) in [5.74, 6) is 2.28. The summed E-state index contributed by atoms with van der Waals surface area (Å²) in [4.78, 5) is 14.8. The van der Waals surface area contributed by atoms with E-state index in [2.05, 4.69) is 40.1 Å². The lowest BCUT2D eigenvalue weighted by atomic mass is 10.1. The molecule has 1 aliphatic rings. The van der Waals surface area contributed by atoms with Crippen molar-refractivity contribution in [3.63, 3.8) is 0 Å². The largest absolute Gasteiger partial charge is 0.493 e. The van der Waals surface area contributed by atoms with Gasteiger partial charge in [0.05, 0.1) is 19.6 Å². The van der Waals surface area contributed by atoms with E-state index >= 15 is 0 Å².